The van der Waals surface area contributed by atoms with Gasteiger partial charge >= 0.3 is 5.97 Å². The molecule has 0 atom stereocenters. The van der Waals surface area contributed by atoms with Crippen LogP contribution in [-0.2, 0) is 21.1 Å². The van der Waals surface area contributed by atoms with Crippen LogP contribution in [0.1, 0.15) is 11.1 Å². The van der Waals surface area contributed by atoms with Gasteiger partial charge in [0.1, 0.15) is 5.03 Å². The highest BCUT2D eigenvalue weighted by molar-refractivity contribution is 7.91. The molecule has 0 fully saturated rings. The van der Waals surface area contributed by atoms with Gasteiger partial charge < -0.3 is 9.51 Å². The molecular weight excluding hydrogens is 350 g/mol. The van der Waals surface area contributed by atoms with Crippen LogP contribution in [0.2, 0.25) is 5.02 Å². The van der Waals surface area contributed by atoms with E-state index in [1.54, 1.807) is 31.3 Å². The first kappa shape index (κ1) is 16.5. The molecular formula is C17H14ClNO4S. The van der Waals surface area contributed by atoms with Crippen molar-refractivity contribution in [3.8, 4) is 0 Å². The molecule has 0 aliphatic carbocycles. The van der Waals surface area contributed by atoms with E-state index in [1.807, 2.05) is 0 Å². The summed E-state index contributed by atoms with van der Waals surface area (Å²) >= 11 is 5.83. The van der Waals surface area contributed by atoms with Gasteiger partial charge in [0, 0.05) is 11.2 Å². The molecule has 7 heteroatoms. The number of aliphatic carboxylic acids is 1. The summed E-state index contributed by atoms with van der Waals surface area (Å²) in [5.41, 5.74) is 1.51. The standard InChI is InChI=1S/C17H14ClNO4S/c1-11-14(10-16(20)21)15-4-2-3-9-19(15)17(11)24(22,23)13-7-5-12(18)6-8-13/h2-9H,10H2,1H3,(H,20,21). The molecule has 2 heterocycles. The third kappa shape index (κ3) is 2.68. The number of pyridine rings is 1. The Bertz CT molecular complexity index is 1040. The van der Waals surface area contributed by atoms with Crippen molar-refractivity contribution < 1.29 is 18.3 Å². The van der Waals surface area contributed by atoms with E-state index in [0.717, 1.165) is 0 Å². The fourth-order valence-corrected chi connectivity index (χ4v) is 4.59. The zero-order valence-corrected chi connectivity index (χ0v) is 14.3. The predicted octanol–water partition coefficient (Wildman–Crippen LogP) is 3.36. The van der Waals surface area contributed by atoms with Crippen LogP contribution in [0.25, 0.3) is 5.52 Å². The fourth-order valence-electron chi connectivity index (χ4n) is 2.80. The average molecular weight is 364 g/mol. The van der Waals surface area contributed by atoms with Crippen LogP contribution < -0.4 is 0 Å². The van der Waals surface area contributed by atoms with Crippen molar-refractivity contribution in [3.05, 3.63) is 64.8 Å². The number of halogens is 1. The van der Waals surface area contributed by atoms with Gasteiger partial charge in [-0.25, -0.2) is 8.42 Å². The second-order valence-corrected chi connectivity index (χ2v) is 7.69. The number of rotatable bonds is 4. The summed E-state index contributed by atoms with van der Waals surface area (Å²) in [4.78, 5) is 11.3. The van der Waals surface area contributed by atoms with Gasteiger partial charge in [-0.15, -0.1) is 0 Å². The molecule has 0 aliphatic heterocycles. The molecule has 0 radical (unpaired) electrons. The molecule has 3 aromatic rings. The number of carboxylic acids is 1. The lowest BCUT2D eigenvalue weighted by Crippen LogP contribution is -2.07. The summed E-state index contributed by atoms with van der Waals surface area (Å²) in [5, 5.41) is 9.66. The summed E-state index contributed by atoms with van der Waals surface area (Å²) in [6, 6.07) is 11.1. The molecule has 1 N–H and O–H groups in total. The molecule has 0 spiro atoms. The summed E-state index contributed by atoms with van der Waals surface area (Å²) in [5.74, 6) is -1.01. The van der Waals surface area contributed by atoms with Crippen LogP contribution in [0, 0.1) is 6.92 Å². The van der Waals surface area contributed by atoms with Crippen LogP contribution in [0.5, 0.6) is 0 Å². The summed E-state index contributed by atoms with van der Waals surface area (Å²) in [6.45, 7) is 1.63. The van der Waals surface area contributed by atoms with Gasteiger partial charge in [0.2, 0.25) is 9.84 Å². The number of sulfone groups is 1. The largest absolute Gasteiger partial charge is 0.481 e. The Morgan fingerprint density at radius 3 is 2.46 bits per heavy atom. The monoisotopic (exact) mass is 363 g/mol. The van der Waals surface area contributed by atoms with Crippen LogP contribution >= 0.6 is 11.6 Å². The van der Waals surface area contributed by atoms with Crippen molar-refractivity contribution in [1.82, 2.24) is 4.40 Å². The Hall–Kier alpha value is -2.31. The predicted molar refractivity (Wildman–Crippen MR) is 90.4 cm³/mol. The van der Waals surface area contributed by atoms with Crippen LogP contribution in [0.4, 0.5) is 0 Å². The molecule has 3 rings (SSSR count). The third-order valence-electron chi connectivity index (χ3n) is 3.87. The van der Waals surface area contributed by atoms with E-state index < -0.39 is 15.8 Å². The highest BCUT2D eigenvalue weighted by Crippen LogP contribution is 2.31. The molecule has 0 saturated carbocycles. The zero-order chi connectivity index (χ0) is 17.5. The number of benzene rings is 1. The Balaban J connectivity index is 2.31. The first-order chi connectivity index (χ1) is 11.3. The summed E-state index contributed by atoms with van der Waals surface area (Å²) in [6.07, 6.45) is 1.38. The quantitative estimate of drug-likeness (QED) is 0.771. The van der Waals surface area contributed by atoms with Gasteiger partial charge in [0.25, 0.3) is 0 Å². The van der Waals surface area contributed by atoms with Crippen molar-refractivity contribution in [1.29, 1.82) is 0 Å². The second-order valence-electron chi connectivity index (χ2n) is 5.39. The molecule has 0 unspecified atom stereocenters. The lowest BCUT2D eigenvalue weighted by molar-refractivity contribution is -0.136. The van der Waals surface area contributed by atoms with Gasteiger partial charge in [-0.1, -0.05) is 17.7 Å². The van der Waals surface area contributed by atoms with Gasteiger partial charge in [-0.05, 0) is 54.4 Å². The summed E-state index contributed by atoms with van der Waals surface area (Å²) < 4.78 is 27.7. The van der Waals surface area contributed by atoms with Gasteiger partial charge in [0.15, 0.2) is 0 Å². The number of hydrogen-bond acceptors (Lipinski definition) is 3. The van der Waals surface area contributed by atoms with Gasteiger partial charge in [0.05, 0.1) is 16.8 Å². The molecule has 5 nitrogen and oxygen atoms in total. The molecule has 1 aromatic carbocycles. The van der Waals surface area contributed by atoms with E-state index in [-0.39, 0.29) is 16.3 Å². The zero-order valence-electron chi connectivity index (χ0n) is 12.7. The molecule has 0 aliphatic rings. The van der Waals surface area contributed by atoms with E-state index in [4.69, 9.17) is 16.7 Å². The molecule has 0 saturated heterocycles. The molecule has 0 amide bonds. The molecule has 0 bridgehead atoms. The fraction of sp³-hybridized carbons (Fsp3) is 0.118. The van der Waals surface area contributed by atoms with E-state index in [9.17, 15) is 13.2 Å². The lowest BCUT2D eigenvalue weighted by Gasteiger charge is -2.07. The van der Waals surface area contributed by atoms with E-state index in [2.05, 4.69) is 0 Å². The maximum Gasteiger partial charge on any atom is 0.307 e. The van der Waals surface area contributed by atoms with E-state index in [1.165, 1.54) is 28.7 Å². The Morgan fingerprint density at radius 2 is 1.83 bits per heavy atom. The minimum Gasteiger partial charge on any atom is -0.481 e. The van der Waals surface area contributed by atoms with Crippen molar-refractivity contribution in [2.45, 2.75) is 23.3 Å². The van der Waals surface area contributed by atoms with Gasteiger partial charge in [-0.3, -0.25) is 4.79 Å². The van der Waals surface area contributed by atoms with E-state index >= 15 is 0 Å². The number of fused-ring (bicyclic) bond motifs is 1. The number of carbonyl (C=O) groups is 1. The topological polar surface area (TPSA) is 75.8 Å². The van der Waals surface area contributed by atoms with Crippen molar-refractivity contribution in [3.63, 3.8) is 0 Å². The van der Waals surface area contributed by atoms with Gasteiger partial charge in [-0.2, -0.15) is 0 Å². The van der Waals surface area contributed by atoms with Crippen molar-refractivity contribution in [2.75, 3.05) is 0 Å². The number of aromatic nitrogens is 1. The smallest absolute Gasteiger partial charge is 0.307 e. The number of hydrogen-bond donors (Lipinski definition) is 1. The highest BCUT2D eigenvalue weighted by atomic mass is 35.5. The second kappa shape index (κ2) is 5.96. The number of nitrogens with zero attached hydrogens (tertiary/aromatic N) is 1. The van der Waals surface area contributed by atoms with Crippen LogP contribution in [0.15, 0.2) is 58.6 Å². The lowest BCUT2D eigenvalue weighted by atomic mass is 10.1. The third-order valence-corrected chi connectivity index (χ3v) is 6.02. The Kier molecular flexibility index (Phi) is 4.11. The minimum absolute atomic E-state index is 0.0803. The van der Waals surface area contributed by atoms with Crippen LogP contribution in [-0.4, -0.2) is 23.9 Å². The molecule has 24 heavy (non-hydrogen) atoms. The minimum atomic E-state index is -3.82. The molecule has 124 valence electrons. The Morgan fingerprint density at radius 1 is 1.17 bits per heavy atom. The maximum absolute atomic E-state index is 13.1. The highest BCUT2D eigenvalue weighted by Gasteiger charge is 2.27. The van der Waals surface area contributed by atoms with Crippen molar-refractivity contribution in [2.24, 2.45) is 0 Å². The van der Waals surface area contributed by atoms with Crippen LogP contribution in [0.3, 0.4) is 0 Å². The SMILES string of the molecule is Cc1c(CC(=O)O)c2ccccn2c1S(=O)(=O)c1ccc(Cl)cc1. The van der Waals surface area contributed by atoms with E-state index in [0.29, 0.717) is 21.7 Å². The summed E-state index contributed by atoms with van der Waals surface area (Å²) in [7, 11) is -3.82. The maximum atomic E-state index is 13.1. The Labute approximate surface area is 144 Å². The average Bonchev–Trinajstić information content (AvgIpc) is 2.80. The first-order valence-corrected chi connectivity index (χ1v) is 8.99. The number of carboxylic acid groups (broad SMARTS) is 1. The first-order valence-electron chi connectivity index (χ1n) is 7.13. The molecule has 2 aromatic heterocycles. The normalized spacial score (nSPS) is 11.8. The van der Waals surface area contributed by atoms with Crippen molar-refractivity contribution >= 4 is 32.9 Å².